The Morgan fingerprint density at radius 2 is 1.05 bits per heavy atom. The summed E-state index contributed by atoms with van der Waals surface area (Å²) in [6.07, 6.45) is 10.8. The molecule has 0 rings (SSSR count). The Kier molecular flexibility index (Phi) is 13.6. The van der Waals surface area contributed by atoms with Gasteiger partial charge in [-0.15, -0.1) is 0 Å². The van der Waals surface area contributed by atoms with E-state index in [-0.39, 0.29) is 5.48 Å². The van der Waals surface area contributed by atoms with E-state index in [1.807, 2.05) is 0 Å². The Bertz CT molecular complexity index is 223. The molecule has 0 spiro atoms. The van der Waals surface area contributed by atoms with Gasteiger partial charge in [0.15, 0.2) is 0 Å². The van der Waals surface area contributed by atoms with Crippen LogP contribution < -0.4 is 0 Å². The third-order valence-corrected chi connectivity index (χ3v) is 6.17. The maximum absolute atomic E-state index is 2.43. The second-order valence-electron chi connectivity index (χ2n) is 7.22. The van der Waals surface area contributed by atoms with E-state index in [2.05, 4.69) is 48.5 Å². The van der Waals surface area contributed by atoms with Gasteiger partial charge in [0.2, 0.25) is 0 Å². The lowest BCUT2D eigenvalue weighted by atomic mass is 9.73. The van der Waals surface area contributed by atoms with Crippen LogP contribution in [0.5, 0.6) is 0 Å². The molecule has 0 amide bonds. The Morgan fingerprint density at radius 3 is 1.27 bits per heavy atom. The van der Waals surface area contributed by atoms with E-state index < -0.39 is 0 Å². The lowest BCUT2D eigenvalue weighted by molar-refractivity contribution is -0.952. The summed E-state index contributed by atoms with van der Waals surface area (Å²) in [5, 5.41) is 0. The molecular weight excluding hydrogens is 270 g/mol. The molecule has 0 radical (unpaired) electrons. The molecule has 1 N–H and O–H groups in total. The van der Waals surface area contributed by atoms with E-state index in [4.69, 9.17) is 0 Å². The highest BCUT2D eigenvalue weighted by Gasteiger charge is 2.38. The minimum atomic E-state index is 0. The molecule has 0 aliphatic carbocycles. The van der Waals surface area contributed by atoms with Gasteiger partial charge in [-0.05, 0) is 31.1 Å². The van der Waals surface area contributed by atoms with Crippen LogP contribution in [-0.2, 0) is 0 Å². The minimum absolute atomic E-state index is 0. The average molecular weight is 316 g/mol. The molecule has 2 nitrogen and oxygen atoms in total. The lowest BCUT2D eigenvalue weighted by Crippen LogP contribution is -2.58. The topological polar surface area (TPSA) is 30.0 Å². The first-order chi connectivity index (χ1) is 10.0. The zero-order valence-corrected chi connectivity index (χ0v) is 16.7. The molecule has 0 aromatic rings. The smallest absolute Gasteiger partial charge is 0.0893 e. The van der Waals surface area contributed by atoms with Crippen LogP contribution in [0.2, 0.25) is 0 Å². The molecule has 0 bridgehead atoms. The van der Waals surface area contributed by atoms with Gasteiger partial charge in [0.1, 0.15) is 0 Å². The first-order valence-corrected chi connectivity index (χ1v) is 9.89. The second kappa shape index (κ2) is 12.4. The van der Waals surface area contributed by atoms with Gasteiger partial charge in [-0.3, -0.25) is 0 Å². The fourth-order valence-corrected chi connectivity index (χ4v) is 4.63. The predicted octanol–water partition coefficient (Wildman–Crippen LogP) is 6.24. The average Bonchev–Trinajstić information content (AvgIpc) is 2.50. The van der Waals surface area contributed by atoms with Crippen LogP contribution in [0, 0.1) is 5.41 Å². The number of hydrogen-bond donors (Lipinski definition) is 0. The highest BCUT2D eigenvalue weighted by Crippen LogP contribution is 2.39. The molecular formula is C20H45NO. The summed E-state index contributed by atoms with van der Waals surface area (Å²) in [5.41, 5.74) is 0.583. The summed E-state index contributed by atoms with van der Waals surface area (Å²) in [7, 11) is 0. The lowest BCUT2D eigenvalue weighted by Gasteiger charge is -2.48. The standard InChI is InChI=1S/C20H44N.H2O/c1-8-15-21(16-9-2,17-10-3)19(11-4)18-20(12-5,13-6)14-7;/h19H,8-18H2,1-7H3;1H2/q+1;/p-1. The molecule has 0 saturated heterocycles. The van der Waals surface area contributed by atoms with Gasteiger partial charge in [-0.2, -0.15) is 0 Å². The van der Waals surface area contributed by atoms with Gasteiger partial charge in [-0.25, -0.2) is 0 Å². The summed E-state index contributed by atoms with van der Waals surface area (Å²) >= 11 is 0. The normalized spacial score (nSPS) is 13.8. The maximum Gasteiger partial charge on any atom is 0.0893 e. The van der Waals surface area contributed by atoms with Crippen LogP contribution >= 0.6 is 0 Å². The molecule has 0 aromatic heterocycles. The van der Waals surface area contributed by atoms with Crippen molar-refractivity contribution in [1.29, 1.82) is 0 Å². The molecule has 0 aliphatic rings. The molecule has 0 fully saturated rings. The Hall–Kier alpha value is -0.0800. The van der Waals surface area contributed by atoms with Crippen molar-refractivity contribution in [1.82, 2.24) is 0 Å². The third kappa shape index (κ3) is 6.20. The van der Waals surface area contributed by atoms with Crippen LogP contribution in [0.15, 0.2) is 0 Å². The van der Waals surface area contributed by atoms with Gasteiger partial charge in [-0.1, -0.05) is 67.7 Å². The Morgan fingerprint density at radius 1 is 0.682 bits per heavy atom. The highest BCUT2D eigenvalue weighted by molar-refractivity contribution is 4.79. The molecule has 136 valence electrons. The summed E-state index contributed by atoms with van der Waals surface area (Å²) in [4.78, 5) is 0. The Balaban J connectivity index is 0. The van der Waals surface area contributed by atoms with Gasteiger partial charge in [0.25, 0.3) is 0 Å². The van der Waals surface area contributed by atoms with E-state index in [1.165, 1.54) is 75.5 Å². The molecule has 0 heterocycles. The van der Waals surface area contributed by atoms with Gasteiger partial charge in [0, 0.05) is 6.42 Å². The fourth-order valence-electron chi connectivity index (χ4n) is 4.63. The van der Waals surface area contributed by atoms with Crippen molar-refractivity contribution in [3.8, 4) is 0 Å². The number of nitrogens with zero attached hydrogens (tertiary/aromatic N) is 1. The zero-order chi connectivity index (χ0) is 16.4. The molecule has 2 heteroatoms. The first-order valence-electron chi connectivity index (χ1n) is 9.89. The van der Waals surface area contributed by atoms with E-state index in [1.54, 1.807) is 0 Å². The molecule has 0 saturated carbocycles. The second-order valence-corrected chi connectivity index (χ2v) is 7.22. The SMILES string of the molecule is CCC[N+](CCC)(CCC)C(CC)CC(CC)(CC)CC.[OH-]. The third-order valence-electron chi connectivity index (χ3n) is 6.17. The highest BCUT2D eigenvalue weighted by atomic mass is 16.0. The number of rotatable bonds is 13. The van der Waals surface area contributed by atoms with Gasteiger partial charge < -0.3 is 9.96 Å². The van der Waals surface area contributed by atoms with Crippen LogP contribution in [0.25, 0.3) is 0 Å². The summed E-state index contributed by atoms with van der Waals surface area (Å²) in [6.45, 7) is 20.9. The quantitative estimate of drug-likeness (QED) is 0.370. The summed E-state index contributed by atoms with van der Waals surface area (Å²) in [5.74, 6) is 0. The van der Waals surface area contributed by atoms with Crippen molar-refractivity contribution >= 4 is 0 Å². The number of quaternary nitrogens is 1. The molecule has 0 aromatic carbocycles. The summed E-state index contributed by atoms with van der Waals surface area (Å²) in [6, 6.07) is 0.865. The van der Waals surface area contributed by atoms with Crippen molar-refractivity contribution < 1.29 is 9.96 Å². The van der Waals surface area contributed by atoms with Crippen LogP contribution in [0.3, 0.4) is 0 Å². The van der Waals surface area contributed by atoms with E-state index in [9.17, 15) is 0 Å². The van der Waals surface area contributed by atoms with Crippen molar-refractivity contribution in [3.63, 3.8) is 0 Å². The fraction of sp³-hybridized carbons (Fsp3) is 1.00. The molecule has 1 atom stereocenters. The van der Waals surface area contributed by atoms with Gasteiger partial charge >= 0.3 is 0 Å². The van der Waals surface area contributed by atoms with E-state index in [0.29, 0.717) is 5.41 Å². The summed E-state index contributed by atoms with van der Waals surface area (Å²) < 4.78 is 1.39. The van der Waals surface area contributed by atoms with Crippen LogP contribution in [-0.4, -0.2) is 35.6 Å². The predicted molar refractivity (Wildman–Crippen MR) is 99.7 cm³/mol. The van der Waals surface area contributed by atoms with Gasteiger partial charge in [0.05, 0.1) is 25.7 Å². The van der Waals surface area contributed by atoms with E-state index >= 15 is 0 Å². The maximum atomic E-state index is 2.43. The minimum Gasteiger partial charge on any atom is -0.870 e. The van der Waals surface area contributed by atoms with Crippen LogP contribution in [0.4, 0.5) is 0 Å². The van der Waals surface area contributed by atoms with Crippen molar-refractivity contribution in [2.45, 2.75) is 106 Å². The molecule has 1 unspecified atom stereocenters. The largest absolute Gasteiger partial charge is 0.870 e. The molecule has 22 heavy (non-hydrogen) atoms. The van der Waals surface area contributed by atoms with Crippen molar-refractivity contribution in [3.05, 3.63) is 0 Å². The van der Waals surface area contributed by atoms with Crippen LogP contribution in [0.1, 0.15) is 99.8 Å². The van der Waals surface area contributed by atoms with Crippen molar-refractivity contribution in [2.75, 3.05) is 19.6 Å². The van der Waals surface area contributed by atoms with Crippen molar-refractivity contribution in [2.24, 2.45) is 5.41 Å². The first kappa shape index (κ1) is 24.2. The Labute approximate surface area is 141 Å². The van der Waals surface area contributed by atoms with E-state index in [0.717, 1.165) is 6.04 Å². The molecule has 0 aliphatic heterocycles. The zero-order valence-electron chi connectivity index (χ0n) is 16.7. The number of hydrogen-bond acceptors (Lipinski definition) is 1. The monoisotopic (exact) mass is 315 g/mol.